The zero-order valence-corrected chi connectivity index (χ0v) is 17.7. The topological polar surface area (TPSA) is 87.7 Å². The fourth-order valence-corrected chi connectivity index (χ4v) is 3.45. The molecular formula is C24H18F3N3O4. The van der Waals surface area contributed by atoms with Crippen LogP contribution in [0.5, 0.6) is 11.5 Å². The molecule has 1 aliphatic rings. The van der Waals surface area contributed by atoms with E-state index in [2.05, 4.69) is 10.7 Å². The fourth-order valence-electron chi connectivity index (χ4n) is 3.45. The van der Waals surface area contributed by atoms with E-state index in [4.69, 9.17) is 4.74 Å². The molecule has 0 spiro atoms. The van der Waals surface area contributed by atoms with Gasteiger partial charge in [0.1, 0.15) is 17.0 Å². The largest absolute Gasteiger partial charge is 0.457 e. The number of halogens is 3. The summed E-state index contributed by atoms with van der Waals surface area (Å²) in [5.74, 6) is -1.43. The van der Waals surface area contributed by atoms with Crippen molar-refractivity contribution in [2.75, 3.05) is 0 Å². The Bertz CT molecular complexity index is 1260. The first kappa shape index (κ1) is 22.8. The minimum atomic E-state index is -4.53. The van der Waals surface area contributed by atoms with Crippen LogP contribution >= 0.6 is 0 Å². The zero-order chi connectivity index (χ0) is 24.5. The van der Waals surface area contributed by atoms with Gasteiger partial charge in [0.25, 0.3) is 11.8 Å². The molecule has 3 aromatic carbocycles. The minimum absolute atomic E-state index is 0.0263. The van der Waals surface area contributed by atoms with Gasteiger partial charge in [-0.1, -0.05) is 42.5 Å². The van der Waals surface area contributed by atoms with E-state index in [9.17, 15) is 27.6 Å². The number of carbonyl (C=O) groups excluding carboxylic acids is 3. The minimum Gasteiger partial charge on any atom is -0.457 e. The van der Waals surface area contributed by atoms with Crippen LogP contribution in [0.3, 0.4) is 0 Å². The Kier molecular flexibility index (Phi) is 5.74. The summed E-state index contributed by atoms with van der Waals surface area (Å²) in [6.07, 6.45) is -4.53. The van der Waals surface area contributed by atoms with E-state index in [1.54, 1.807) is 30.3 Å². The molecule has 2 N–H and O–H groups in total. The Morgan fingerprint density at radius 2 is 1.59 bits per heavy atom. The highest BCUT2D eigenvalue weighted by Gasteiger charge is 2.50. The van der Waals surface area contributed by atoms with Crippen LogP contribution in [0.4, 0.5) is 18.0 Å². The number of alkyl halides is 3. The van der Waals surface area contributed by atoms with E-state index in [-0.39, 0.29) is 17.1 Å². The Hall–Kier alpha value is -4.34. The maximum Gasteiger partial charge on any atom is 0.416 e. The molecule has 0 aliphatic carbocycles. The molecule has 0 radical (unpaired) electrons. The summed E-state index contributed by atoms with van der Waals surface area (Å²) < 4.78 is 44.2. The second-order valence-electron chi connectivity index (χ2n) is 7.66. The van der Waals surface area contributed by atoms with Gasteiger partial charge < -0.3 is 10.1 Å². The number of urea groups is 1. The number of nitrogens with zero attached hydrogens (tertiary/aromatic N) is 1. The third kappa shape index (κ3) is 4.42. The Morgan fingerprint density at radius 3 is 2.26 bits per heavy atom. The van der Waals surface area contributed by atoms with Crippen LogP contribution in [0, 0.1) is 0 Å². The predicted octanol–water partition coefficient (Wildman–Crippen LogP) is 4.61. The molecule has 1 saturated heterocycles. The van der Waals surface area contributed by atoms with Crippen LogP contribution in [0.25, 0.3) is 0 Å². The van der Waals surface area contributed by atoms with Crippen LogP contribution in [0.1, 0.15) is 28.4 Å². The molecule has 7 nitrogen and oxygen atoms in total. The molecule has 1 heterocycles. The van der Waals surface area contributed by atoms with Gasteiger partial charge in [-0.05, 0) is 48.9 Å². The predicted molar refractivity (Wildman–Crippen MR) is 115 cm³/mol. The summed E-state index contributed by atoms with van der Waals surface area (Å²) >= 11 is 0. The standard InChI is InChI=1S/C24H18F3N3O4/c1-23(16-8-3-2-4-9-16)21(32)30(22(33)28-23)29-20(31)15-7-5-11-18(13-15)34-19-12-6-10-17(14-19)24(25,26)27/h2-14H,1H3,(H,28,33)(H,29,31). The summed E-state index contributed by atoms with van der Waals surface area (Å²) in [4.78, 5) is 38.1. The molecule has 10 heteroatoms. The smallest absolute Gasteiger partial charge is 0.416 e. The molecular weight excluding hydrogens is 451 g/mol. The molecule has 1 fully saturated rings. The van der Waals surface area contributed by atoms with E-state index in [0.717, 1.165) is 12.1 Å². The van der Waals surface area contributed by atoms with Crippen molar-refractivity contribution in [3.05, 3.63) is 95.6 Å². The van der Waals surface area contributed by atoms with E-state index in [0.29, 0.717) is 10.6 Å². The number of rotatable bonds is 5. The lowest BCUT2D eigenvalue weighted by Crippen LogP contribution is -2.47. The average Bonchev–Trinajstić information content (AvgIpc) is 3.03. The second-order valence-corrected chi connectivity index (χ2v) is 7.66. The normalized spacial score (nSPS) is 17.9. The molecule has 1 unspecified atom stereocenters. The first-order chi connectivity index (χ1) is 16.1. The maximum atomic E-state index is 12.9. The number of amides is 4. The van der Waals surface area contributed by atoms with Crippen LogP contribution in [-0.4, -0.2) is 22.9 Å². The highest BCUT2D eigenvalue weighted by atomic mass is 19.4. The molecule has 34 heavy (non-hydrogen) atoms. The van der Waals surface area contributed by atoms with E-state index >= 15 is 0 Å². The van der Waals surface area contributed by atoms with Gasteiger partial charge in [0.2, 0.25) is 0 Å². The van der Waals surface area contributed by atoms with E-state index in [1.807, 2.05) is 0 Å². The maximum absolute atomic E-state index is 12.9. The molecule has 4 rings (SSSR count). The number of hydrazine groups is 1. The number of hydrogen-bond acceptors (Lipinski definition) is 4. The van der Waals surface area contributed by atoms with Gasteiger partial charge in [-0.2, -0.15) is 18.2 Å². The van der Waals surface area contributed by atoms with Gasteiger partial charge in [-0.3, -0.25) is 15.0 Å². The quantitative estimate of drug-likeness (QED) is 0.535. The molecule has 174 valence electrons. The van der Waals surface area contributed by atoms with Crippen LogP contribution in [0.2, 0.25) is 0 Å². The fraction of sp³-hybridized carbons (Fsp3) is 0.125. The van der Waals surface area contributed by atoms with Gasteiger partial charge in [0.15, 0.2) is 0 Å². The Balaban J connectivity index is 1.50. The van der Waals surface area contributed by atoms with Crippen molar-refractivity contribution in [1.82, 2.24) is 15.8 Å². The lowest BCUT2D eigenvalue weighted by atomic mass is 9.92. The van der Waals surface area contributed by atoms with Crippen molar-refractivity contribution >= 4 is 17.8 Å². The first-order valence-corrected chi connectivity index (χ1v) is 10.1. The third-order valence-electron chi connectivity index (χ3n) is 5.25. The van der Waals surface area contributed by atoms with Gasteiger partial charge >= 0.3 is 12.2 Å². The van der Waals surface area contributed by atoms with Crippen LogP contribution < -0.4 is 15.5 Å². The van der Waals surface area contributed by atoms with E-state index < -0.39 is 35.1 Å². The second kappa shape index (κ2) is 8.54. The first-order valence-electron chi connectivity index (χ1n) is 10.1. The van der Waals surface area contributed by atoms with Crippen molar-refractivity contribution in [1.29, 1.82) is 0 Å². The number of hydrogen-bond donors (Lipinski definition) is 2. The SMILES string of the molecule is CC1(c2ccccc2)NC(=O)N(NC(=O)c2cccc(Oc3cccc(C(F)(F)F)c3)c2)C1=O. The lowest BCUT2D eigenvalue weighted by molar-refractivity contribution is -0.137. The molecule has 0 aromatic heterocycles. The highest BCUT2D eigenvalue weighted by Crippen LogP contribution is 2.33. The van der Waals surface area contributed by atoms with Crippen LogP contribution in [0.15, 0.2) is 78.9 Å². The molecule has 0 saturated carbocycles. The number of nitrogens with one attached hydrogen (secondary N) is 2. The highest BCUT2D eigenvalue weighted by molar-refractivity contribution is 6.09. The number of ether oxygens (including phenoxy) is 1. The molecule has 1 atom stereocenters. The zero-order valence-electron chi connectivity index (χ0n) is 17.7. The summed E-state index contributed by atoms with van der Waals surface area (Å²) in [5, 5.41) is 3.16. The van der Waals surface area contributed by atoms with Crippen molar-refractivity contribution in [3.63, 3.8) is 0 Å². The Morgan fingerprint density at radius 1 is 0.941 bits per heavy atom. The average molecular weight is 469 g/mol. The lowest BCUT2D eigenvalue weighted by Gasteiger charge is -2.22. The van der Waals surface area contributed by atoms with Crippen molar-refractivity contribution in [2.24, 2.45) is 0 Å². The number of imide groups is 1. The van der Waals surface area contributed by atoms with Gasteiger partial charge in [-0.25, -0.2) is 4.79 Å². The summed E-state index contributed by atoms with van der Waals surface area (Å²) in [6, 6.07) is 17.7. The van der Waals surface area contributed by atoms with Gasteiger partial charge in [0.05, 0.1) is 5.56 Å². The molecule has 3 aromatic rings. The van der Waals surface area contributed by atoms with E-state index in [1.165, 1.54) is 43.3 Å². The molecule has 4 amide bonds. The van der Waals surface area contributed by atoms with Gasteiger partial charge in [0, 0.05) is 5.56 Å². The van der Waals surface area contributed by atoms with Gasteiger partial charge in [-0.15, -0.1) is 0 Å². The summed E-state index contributed by atoms with van der Waals surface area (Å²) in [5.41, 5.74) is 0.601. The number of carbonyl (C=O) groups is 3. The van der Waals surface area contributed by atoms with Crippen molar-refractivity contribution in [3.8, 4) is 11.5 Å². The summed E-state index contributed by atoms with van der Waals surface area (Å²) in [6.45, 7) is 1.53. The monoisotopic (exact) mass is 469 g/mol. The third-order valence-corrected chi connectivity index (χ3v) is 5.25. The summed E-state index contributed by atoms with van der Waals surface area (Å²) in [7, 11) is 0. The molecule has 1 aliphatic heterocycles. The van der Waals surface area contributed by atoms with Crippen molar-refractivity contribution in [2.45, 2.75) is 18.6 Å². The molecule has 0 bridgehead atoms. The van der Waals surface area contributed by atoms with Crippen molar-refractivity contribution < 1.29 is 32.3 Å². The Labute approximate surface area is 192 Å². The number of benzene rings is 3. The van der Waals surface area contributed by atoms with Crippen LogP contribution in [-0.2, 0) is 16.5 Å².